The summed E-state index contributed by atoms with van der Waals surface area (Å²) in [4.78, 5) is 4.44. The summed E-state index contributed by atoms with van der Waals surface area (Å²) in [6, 6.07) is 3.97. The maximum atomic E-state index is 5.55. The van der Waals surface area contributed by atoms with Crippen LogP contribution in [0.5, 0.6) is 0 Å². The molecule has 0 aliphatic rings. The first-order valence-electron chi connectivity index (χ1n) is 5.06. The van der Waals surface area contributed by atoms with Gasteiger partial charge < -0.3 is 11.1 Å². The van der Waals surface area contributed by atoms with Gasteiger partial charge in [-0.3, -0.25) is 0 Å². The van der Waals surface area contributed by atoms with Gasteiger partial charge in [0, 0.05) is 10.0 Å². The molecule has 0 aromatic carbocycles. The fraction of sp³-hybridized carbons (Fsp3) is 0.545. The summed E-state index contributed by atoms with van der Waals surface area (Å²) in [6.07, 6.45) is 0.920. The van der Waals surface area contributed by atoms with Crippen LogP contribution < -0.4 is 11.1 Å². The van der Waals surface area contributed by atoms with E-state index in [9.17, 15) is 0 Å². The molecule has 0 saturated carbocycles. The molecule has 1 rings (SSSR count). The van der Waals surface area contributed by atoms with Gasteiger partial charge in [-0.1, -0.05) is 0 Å². The Balaban J connectivity index is 2.76. The molecule has 0 bridgehead atoms. The van der Waals surface area contributed by atoms with Gasteiger partial charge in [0.25, 0.3) is 0 Å². The fourth-order valence-electron chi connectivity index (χ4n) is 1.38. The van der Waals surface area contributed by atoms with Crippen LogP contribution in [0.3, 0.4) is 0 Å². The Kier molecular flexibility index (Phi) is 4.11. The van der Waals surface area contributed by atoms with Gasteiger partial charge in [-0.15, -0.1) is 0 Å². The minimum Gasteiger partial charge on any atom is -0.365 e. The fourth-order valence-corrected chi connectivity index (χ4v) is 1.60. The SMILES string of the molecule is Cc1nc(NC(C)(C)CCN)ccc1Br. The van der Waals surface area contributed by atoms with Gasteiger partial charge in [0.15, 0.2) is 0 Å². The molecule has 0 amide bonds. The van der Waals surface area contributed by atoms with Gasteiger partial charge >= 0.3 is 0 Å². The van der Waals surface area contributed by atoms with Crippen molar-refractivity contribution >= 4 is 21.7 Å². The summed E-state index contributed by atoms with van der Waals surface area (Å²) in [7, 11) is 0. The maximum Gasteiger partial charge on any atom is 0.126 e. The van der Waals surface area contributed by atoms with E-state index in [2.05, 4.69) is 40.1 Å². The molecule has 0 radical (unpaired) electrons. The van der Waals surface area contributed by atoms with Crippen molar-refractivity contribution in [1.82, 2.24) is 4.98 Å². The highest BCUT2D eigenvalue weighted by atomic mass is 79.9. The van der Waals surface area contributed by atoms with Crippen molar-refractivity contribution in [1.29, 1.82) is 0 Å². The molecule has 3 N–H and O–H groups in total. The van der Waals surface area contributed by atoms with Crippen molar-refractivity contribution in [3.05, 3.63) is 22.3 Å². The van der Waals surface area contributed by atoms with E-state index < -0.39 is 0 Å². The van der Waals surface area contributed by atoms with Crippen LogP contribution in [0, 0.1) is 6.92 Å². The van der Waals surface area contributed by atoms with E-state index in [0.29, 0.717) is 6.54 Å². The van der Waals surface area contributed by atoms with E-state index in [1.165, 1.54) is 0 Å². The molecule has 0 unspecified atom stereocenters. The monoisotopic (exact) mass is 271 g/mol. The Labute approximate surface area is 99.6 Å². The maximum absolute atomic E-state index is 5.55. The van der Waals surface area contributed by atoms with E-state index in [1.54, 1.807) is 0 Å². The van der Waals surface area contributed by atoms with Crippen LogP contribution in [0.25, 0.3) is 0 Å². The van der Waals surface area contributed by atoms with E-state index >= 15 is 0 Å². The number of pyridine rings is 1. The van der Waals surface area contributed by atoms with Crippen molar-refractivity contribution in [2.75, 3.05) is 11.9 Å². The second-order valence-corrected chi connectivity index (χ2v) is 5.17. The van der Waals surface area contributed by atoms with Crippen molar-refractivity contribution in [2.45, 2.75) is 32.7 Å². The van der Waals surface area contributed by atoms with E-state index in [0.717, 1.165) is 22.4 Å². The van der Waals surface area contributed by atoms with E-state index in [-0.39, 0.29) is 5.54 Å². The largest absolute Gasteiger partial charge is 0.365 e. The van der Waals surface area contributed by atoms with Crippen LogP contribution in [-0.4, -0.2) is 17.1 Å². The number of aromatic nitrogens is 1. The van der Waals surface area contributed by atoms with Gasteiger partial charge in [-0.25, -0.2) is 4.98 Å². The average Bonchev–Trinajstić information content (AvgIpc) is 2.10. The first kappa shape index (κ1) is 12.5. The molecular weight excluding hydrogens is 254 g/mol. The lowest BCUT2D eigenvalue weighted by atomic mass is 10.0. The standard InChI is InChI=1S/C11H18BrN3/c1-8-9(12)4-5-10(14-8)15-11(2,3)6-7-13/h4-5H,6-7,13H2,1-3H3,(H,14,15). The first-order valence-corrected chi connectivity index (χ1v) is 5.85. The second-order valence-electron chi connectivity index (χ2n) is 4.31. The Morgan fingerprint density at radius 1 is 1.47 bits per heavy atom. The van der Waals surface area contributed by atoms with Crippen LogP contribution in [0.15, 0.2) is 16.6 Å². The molecule has 1 heterocycles. The molecule has 0 atom stereocenters. The summed E-state index contributed by atoms with van der Waals surface area (Å²) in [5.41, 5.74) is 6.53. The molecule has 3 nitrogen and oxygen atoms in total. The van der Waals surface area contributed by atoms with Crippen LogP contribution in [-0.2, 0) is 0 Å². The van der Waals surface area contributed by atoms with Crippen LogP contribution in [0.2, 0.25) is 0 Å². The third kappa shape index (κ3) is 3.80. The van der Waals surface area contributed by atoms with Gasteiger partial charge in [-0.05, 0) is 61.8 Å². The van der Waals surface area contributed by atoms with Crippen LogP contribution in [0.1, 0.15) is 26.0 Å². The Morgan fingerprint density at radius 3 is 2.67 bits per heavy atom. The quantitative estimate of drug-likeness (QED) is 0.886. The van der Waals surface area contributed by atoms with E-state index in [4.69, 9.17) is 5.73 Å². The Bertz CT molecular complexity index is 337. The zero-order valence-electron chi connectivity index (χ0n) is 9.47. The smallest absolute Gasteiger partial charge is 0.126 e. The molecule has 0 aliphatic carbocycles. The lowest BCUT2D eigenvalue weighted by molar-refractivity contribution is 0.524. The number of aryl methyl sites for hydroxylation is 1. The third-order valence-electron chi connectivity index (χ3n) is 2.26. The number of nitrogens with one attached hydrogen (secondary N) is 1. The predicted octanol–water partition coefficient (Wildman–Crippen LogP) is 2.69. The zero-order valence-corrected chi connectivity index (χ0v) is 11.1. The zero-order chi connectivity index (χ0) is 11.5. The lowest BCUT2D eigenvalue weighted by Gasteiger charge is -2.26. The molecule has 84 valence electrons. The molecule has 4 heteroatoms. The highest BCUT2D eigenvalue weighted by molar-refractivity contribution is 9.10. The molecule has 1 aromatic rings. The summed E-state index contributed by atoms with van der Waals surface area (Å²) >= 11 is 3.43. The summed E-state index contributed by atoms with van der Waals surface area (Å²) < 4.78 is 1.03. The Hall–Kier alpha value is -0.610. The highest BCUT2D eigenvalue weighted by Gasteiger charge is 2.16. The van der Waals surface area contributed by atoms with Gasteiger partial charge in [0.05, 0.1) is 5.69 Å². The van der Waals surface area contributed by atoms with Crippen molar-refractivity contribution in [3.8, 4) is 0 Å². The van der Waals surface area contributed by atoms with Crippen LogP contribution in [0.4, 0.5) is 5.82 Å². The van der Waals surface area contributed by atoms with Crippen molar-refractivity contribution in [3.63, 3.8) is 0 Å². The number of halogens is 1. The number of hydrogen-bond acceptors (Lipinski definition) is 3. The summed E-state index contributed by atoms with van der Waals surface area (Å²) in [5.74, 6) is 0.897. The minimum absolute atomic E-state index is 0.0119. The Morgan fingerprint density at radius 2 is 2.13 bits per heavy atom. The first-order chi connectivity index (χ1) is 6.94. The summed E-state index contributed by atoms with van der Waals surface area (Å²) in [6.45, 7) is 6.90. The topological polar surface area (TPSA) is 50.9 Å². The number of rotatable bonds is 4. The normalized spacial score (nSPS) is 11.5. The highest BCUT2D eigenvalue weighted by Crippen LogP contribution is 2.20. The molecular formula is C11H18BrN3. The number of nitrogens with zero attached hydrogens (tertiary/aromatic N) is 1. The second kappa shape index (κ2) is 4.94. The third-order valence-corrected chi connectivity index (χ3v) is 3.10. The average molecular weight is 272 g/mol. The van der Waals surface area contributed by atoms with Crippen LogP contribution >= 0.6 is 15.9 Å². The van der Waals surface area contributed by atoms with Gasteiger partial charge in [0.1, 0.15) is 5.82 Å². The molecule has 0 spiro atoms. The molecule has 15 heavy (non-hydrogen) atoms. The number of anilines is 1. The molecule has 1 aromatic heterocycles. The predicted molar refractivity (Wildman–Crippen MR) is 68.0 cm³/mol. The molecule has 0 fully saturated rings. The van der Waals surface area contributed by atoms with Crippen molar-refractivity contribution in [2.24, 2.45) is 5.73 Å². The van der Waals surface area contributed by atoms with Gasteiger partial charge in [-0.2, -0.15) is 0 Å². The number of hydrogen-bond donors (Lipinski definition) is 2. The molecule has 0 saturated heterocycles. The van der Waals surface area contributed by atoms with Gasteiger partial charge in [0.2, 0.25) is 0 Å². The van der Waals surface area contributed by atoms with E-state index in [1.807, 2.05) is 19.1 Å². The van der Waals surface area contributed by atoms with Crippen molar-refractivity contribution < 1.29 is 0 Å². The number of nitrogens with two attached hydrogens (primary N) is 1. The minimum atomic E-state index is -0.0119. The molecule has 0 aliphatic heterocycles. The lowest BCUT2D eigenvalue weighted by Crippen LogP contribution is -2.33. The summed E-state index contributed by atoms with van der Waals surface area (Å²) in [5, 5.41) is 3.38.